The van der Waals surface area contributed by atoms with Crippen LogP contribution in [0.4, 0.5) is 0 Å². The summed E-state index contributed by atoms with van der Waals surface area (Å²) in [6.45, 7) is 8.80. The fourth-order valence-corrected chi connectivity index (χ4v) is 4.08. The van der Waals surface area contributed by atoms with Gasteiger partial charge in [0.1, 0.15) is 5.82 Å². The van der Waals surface area contributed by atoms with Gasteiger partial charge in [-0.1, -0.05) is 0 Å². The van der Waals surface area contributed by atoms with Crippen LogP contribution >= 0.6 is 0 Å². The van der Waals surface area contributed by atoms with Crippen LogP contribution in [-0.4, -0.2) is 49.0 Å². The molecular weight excluding hydrogens is 346 g/mol. The van der Waals surface area contributed by atoms with Crippen molar-refractivity contribution >= 4 is 11.7 Å². The lowest BCUT2D eigenvalue weighted by atomic mass is 9.96. The van der Waals surface area contributed by atoms with E-state index in [1.807, 2.05) is 25.7 Å². The number of hydrogen-bond donors (Lipinski definition) is 1. The number of aryl methyl sites for hydroxylation is 2. The molecule has 27 heavy (non-hydrogen) atoms. The average Bonchev–Trinajstić information content (AvgIpc) is 3.10. The molecule has 3 heterocycles. The molecule has 8 nitrogen and oxygen atoms in total. The van der Waals surface area contributed by atoms with Crippen LogP contribution in [0.15, 0.2) is 4.79 Å². The van der Waals surface area contributed by atoms with Crippen molar-refractivity contribution in [2.75, 3.05) is 13.1 Å². The maximum atomic E-state index is 13.2. The summed E-state index contributed by atoms with van der Waals surface area (Å²) in [5.74, 6) is 0.629. The third-order valence-corrected chi connectivity index (χ3v) is 5.43. The van der Waals surface area contributed by atoms with E-state index < -0.39 is 0 Å². The number of nitrogens with zero attached hydrogens (tertiary/aromatic N) is 4. The Balaban J connectivity index is 1.89. The van der Waals surface area contributed by atoms with E-state index in [2.05, 4.69) is 10.1 Å². The van der Waals surface area contributed by atoms with Crippen LogP contribution in [0.3, 0.4) is 0 Å². The summed E-state index contributed by atoms with van der Waals surface area (Å²) in [6, 6.07) is 0. The van der Waals surface area contributed by atoms with Crippen LogP contribution in [-0.2, 0) is 13.6 Å². The number of likely N-dealkylation sites (tertiary alicyclic amines) is 1. The number of rotatable bonds is 4. The largest absolute Gasteiger partial charge is 0.355 e. The van der Waals surface area contributed by atoms with E-state index in [0.717, 1.165) is 18.7 Å². The van der Waals surface area contributed by atoms with Crippen molar-refractivity contribution in [3.63, 3.8) is 0 Å². The minimum Gasteiger partial charge on any atom is -0.355 e. The van der Waals surface area contributed by atoms with Gasteiger partial charge in [-0.05, 0) is 39.2 Å². The van der Waals surface area contributed by atoms with Crippen LogP contribution in [0.25, 0.3) is 0 Å². The van der Waals surface area contributed by atoms with Crippen molar-refractivity contribution in [3.8, 4) is 0 Å². The van der Waals surface area contributed by atoms with E-state index in [-0.39, 0.29) is 23.3 Å². The monoisotopic (exact) mass is 373 g/mol. The van der Waals surface area contributed by atoms with Crippen molar-refractivity contribution < 1.29 is 9.59 Å². The van der Waals surface area contributed by atoms with E-state index in [9.17, 15) is 14.4 Å². The van der Waals surface area contributed by atoms with Gasteiger partial charge in [0.05, 0.1) is 11.3 Å². The molecule has 0 spiro atoms. The molecular formula is C19H27N5O3. The number of carbonyl (C=O) groups is 2. The normalized spacial score (nSPS) is 17.4. The first-order valence-electron chi connectivity index (χ1n) is 9.39. The second-order valence-corrected chi connectivity index (χ2v) is 7.28. The Kier molecular flexibility index (Phi) is 5.08. The van der Waals surface area contributed by atoms with Crippen LogP contribution < -0.4 is 5.69 Å². The third-order valence-electron chi connectivity index (χ3n) is 5.43. The lowest BCUT2D eigenvalue weighted by Crippen LogP contribution is -2.40. The van der Waals surface area contributed by atoms with Crippen molar-refractivity contribution in [2.24, 2.45) is 7.05 Å². The zero-order chi connectivity index (χ0) is 19.9. The molecule has 1 saturated heterocycles. The smallest absolute Gasteiger partial charge is 0.345 e. The van der Waals surface area contributed by atoms with Gasteiger partial charge in [-0.15, -0.1) is 0 Å². The first kappa shape index (κ1) is 19.1. The molecule has 1 atom stereocenters. The summed E-state index contributed by atoms with van der Waals surface area (Å²) in [5, 5.41) is 4.41. The summed E-state index contributed by atoms with van der Waals surface area (Å²) in [7, 11) is 1.65. The van der Waals surface area contributed by atoms with E-state index in [0.29, 0.717) is 42.1 Å². The topological polar surface area (TPSA) is 93.0 Å². The second-order valence-electron chi connectivity index (χ2n) is 7.28. The Morgan fingerprint density at radius 1 is 1.30 bits per heavy atom. The van der Waals surface area contributed by atoms with Gasteiger partial charge in [-0.25, -0.2) is 9.48 Å². The predicted octanol–water partition coefficient (Wildman–Crippen LogP) is 1.77. The highest BCUT2D eigenvalue weighted by atomic mass is 16.2. The summed E-state index contributed by atoms with van der Waals surface area (Å²) < 4.78 is 3.04. The number of piperidine rings is 1. The van der Waals surface area contributed by atoms with Gasteiger partial charge in [0.15, 0.2) is 5.78 Å². The number of aromatic nitrogens is 4. The summed E-state index contributed by atoms with van der Waals surface area (Å²) in [6.07, 6.45) is 1.75. The van der Waals surface area contributed by atoms with Crippen molar-refractivity contribution in [2.45, 2.75) is 53.0 Å². The number of amides is 1. The zero-order valence-electron chi connectivity index (χ0n) is 16.6. The highest BCUT2D eigenvalue weighted by Gasteiger charge is 2.31. The first-order valence-corrected chi connectivity index (χ1v) is 9.39. The van der Waals surface area contributed by atoms with Gasteiger partial charge in [0.2, 0.25) is 0 Å². The fraction of sp³-hybridized carbons (Fsp3) is 0.579. The highest BCUT2D eigenvalue weighted by Crippen LogP contribution is 2.28. The molecule has 1 N–H and O–H groups in total. The molecule has 0 bridgehead atoms. The third kappa shape index (κ3) is 3.24. The fourth-order valence-electron chi connectivity index (χ4n) is 4.08. The second kappa shape index (κ2) is 7.17. The molecule has 1 fully saturated rings. The Morgan fingerprint density at radius 3 is 2.59 bits per heavy atom. The molecule has 2 aromatic rings. The molecule has 0 aliphatic carbocycles. The molecule has 8 heteroatoms. The van der Waals surface area contributed by atoms with Crippen LogP contribution in [0.5, 0.6) is 0 Å². The molecule has 3 rings (SSSR count). The van der Waals surface area contributed by atoms with Crippen molar-refractivity contribution in [3.05, 3.63) is 38.8 Å². The molecule has 0 radical (unpaired) electrons. The molecule has 0 unspecified atom stereocenters. The Morgan fingerprint density at radius 2 is 2.00 bits per heavy atom. The number of hydrogen-bond acceptors (Lipinski definition) is 4. The minimum atomic E-state index is -0.126. The van der Waals surface area contributed by atoms with Crippen LogP contribution in [0.2, 0.25) is 0 Å². The number of nitrogens with one attached hydrogen (secondary N) is 1. The molecule has 146 valence electrons. The van der Waals surface area contributed by atoms with Crippen LogP contribution in [0.1, 0.15) is 70.5 Å². The molecule has 0 aromatic carbocycles. The maximum Gasteiger partial charge on any atom is 0.345 e. The van der Waals surface area contributed by atoms with E-state index >= 15 is 0 Å². The van der Waals surface area contributed by atoms with Crippen LogP contribution in [0, 0.1) is 13.8 Å². The Labute approximate surface area is 158 Å². The highest BCUT2D eigenvalue weighted by molar-refractivity contribution is 6.02. The summed E-state index contributed by atoms with van der Waals surface area (Å²) in [4.78, 5) is 42.0. The first-order chi connectivity index (χ1) is 12.8. The van der Waals surface area contributed by atoms with Crippen molar-refractivity contribution in [1.29, 1.82) is 0 Å². The minimum absolute atomic E-state index is 0.0309. The van der Waals surface area contributed by atoms with Crippen molar-refractivity contribution in [1.82, 2.24) is 24.2 Å². The number of H-pyrrole nitrogens is 1. The Hall–Kier alpha value is -2.64. The van der Waals surface area contributed by atoms with Gasteiger partial charge in [-0.2, -0.15) is 5.10 Å². The van der Waals surface area contributed by atoms with Gasteiger partial charge in [0.25, 0.3) is 5.91 Å². The predicted molar refractivity (Wildman–Crippen MR) is 101 cm³/mol. The molecule has 1 aliphatic heterocycles. The van der Waals surface area contributed by atoms with E-state index in [4.69, 9.17) is 0 Å². The maximum absolute atomic E-state index is 13.2. The molecule has 1 aliphatic rings. The standard InChI is InChI=1S/C19H27N5O3/c1-6-24-17(21-22(5)19(24)27)14-8-7-9-23(10-14)18(26)15-11(2)16(13(4)25)20-12(15)3/h14,20H,6-10H2,1-5H3/t14-/m1/s1. The van der Waals surface area contributed by atoms with E-state index in [1.165, 1.54) is 11.6 Å². The number of Topliss-reactive ketones (excluding diaryl/α,β-unsaturated/α-hetero) is 1. The SMILES string of the molecule is CCn1c([C@@H]2CCCN(C(=O)c3c(C)[nH]c(C(C)=O)c3C)C2)nn(C)c1=O. The number of ketones is 1. The average molecular weight is 373 g/mol. The van der Waals surface area contributed by atoms with Gasteiger partial charge >= 0.3 is 5.69 Å². The molecule has 0 saturated carbocycles. The number of aromatic amines is 1. The van der Waals surface area contributed by atoms with Gasteiger partial charge in [-0.3, -0.25) is 14.2 Å². The summed E-state index contributed by atoms with van der Waals surface area (Å²) >= 11 is 0. The number of carbonyl (C=O) groups excluding carboxylic acids is 2. The summed E-state index contributed by atoms with van der Waals surface area (Å²) in [5.41, 5.74) is 2.37. The Bertz CT molecular complexity index is 949. The zero-order valence-corrected chi connectivity index (χ0v) is 16.6. The lowest BCUT2D eigenvalue weighted by molar-refractivity contribution is 0.0702. The molecule has 1 amide bonds. The van der Waals surface area contributed by atoms with E-state index in [1.54, 1.807) is 11.6 Å². The quantitative estimate of drug-likeness (QED) is 0.827. The van der Waals surface area contributed by atoms with Gasteiger partial charge in [0, 0.05) is 45.2 Å². The lowest BCUT2D eigenvalue weighted by Gasteiger charge is -2.32. The molecule has 2 aromatic heterocycles. The van der Waals surface area contributed by atoms with Gasteiger partial charge < -0.3 is 9.88 Å².